The maximum Gasteiger partial charge on any atom is 0.283 e. The molecule has 1 unspecified atom stereocenters. The molecule has 1 aliphatic rings. The lowest BCUT2D eigenvalue weighted by molar-refractivity contribution is -0.120. The number of ether oxygens (including phenoxy) is 2. The molecule has 3 aromatic carbocycles. The van der Waals surface area contributed by atoms with Crippen molar-refractivity contribution in [2.75, 3.05) is 24.4 Å². The molecule has 0 radical (unpaired) electrons. The smallest absolute Gasteiger partial charge is 0.283 e. The lowest BCUT2D eigenvalue weighted by Gasteiger charge is -2.19. The van der Waals surface area contributed by atoms with Crippen molar-refractivity contribution in [3.63, 3.8) is 0 Å². The van der Waals surface area contributed by atoms with E-state index in [1.54, 1.807) is 36.4 Å². The molecule has 1 aliphatic heterocycles. The molecule has 4 rings (SSSR count). The van der Waals surface area contributed by atoms with E-state index in [4.69, 9.17) is 21.1 Å². The van der Waals surface area contributed by atoms with Crippen LogP contribution in [0.4, 0.5) is 11.4 Å². The van der Waals surface area contributed by atoms with E-state index in [9.17, 15) is 14.4 Å². The number of benzene rings is 3. The second-order valence-electron chi connectivity index (χ2n) is 8.43. The van der Waals surface area contributed by atoms with Crippen molar-refractivity contribution >= 4 is 40.7 Å². The second kappa shape index (κ2) is 10.8. The summed E-state index contributed by atoms with van der Waals surface area (Å²) in [5.74, 6) is -0.845. The summed E-state index contributed by atoms with van der Waals surface area (Å²) in [6.07, 6.45) is 0. The minimum absolute atomic E-state index is 0.0946. The van der Waals surface area contributed by atoms with Gasteiger partial charge >= 0.3 is 0 Å². The minimum Gasteiger partial charge on any atom is -0.497 e. The number of halogens is 1. The first-order chi connectivity index (χ1) is 17.7. The zero-order valence-electron chi connectivity index (χ0n) is 20.8. The zero-order valence-corrected chi connectivity index (χ0v) is 21.6. The molecule has 9 heteroatoms. The van der Waals surface area contributed by atoms with E-state index < -0.39 is 11.8 Å². The first-order valence-electron chi connectivity index (χ1n) is 11.5. The van der Waals surface area contributed by atoms with Crippen molar-refractivity contribution in [1.29, 1.82) is 0 Å². The van der Waals surface area contributed by atoms with Crippen LogP contribution in [0.5, 0.6) is 11.5 Å². The monoisotopic (exact) mass is 519 g/mol. The fourth-order valence-electron chi connectivity index (χ4n) is 3.94. The maximum atomic E-state index is 13.3. The Labute approximate surface area is 219 Å². The first kappa shape index (κ1) is 25.8. The van der Waals surface area contributed by atoms with Gasteiger partial charge in [0.1, 0.15) is 22.2 Å². The molecule has 0 saturated heterocycles. The van der Waals surface area contributed by atoms with Crippen molar-refractivity contribution < 1.29 is 23.9 Å². The molecule has 0 fully saturated rings. The third-order valence-corrected chi connectivity index (χ3v) is 6.41. The Morgan fingerprint density at radius 2 is 1.68 bits per heavy atom. The largest absolute Gasteiger partial charge is 0.497 e. The molecule has 0 aliphatic carbocycles. The number of nitrogens with one attached hydrogen (secondary N) is 2. The van der Waals surface area contributed by atoms with Gasteiger partial charge in [0.15, 0.2) is 0 Å². The number of hydrogen-bond acceptors (Lipinski definition) is 6. The van der Waals surface area contributed by atoms with Crippen molar-refractivity contribution in [1.82, 2.24) is 5.32 Å². The lowest BCUT2D eigenvalue weighted by Crippen LogP contribution is -2.32. The van der Waals surface area contributed by atoms with Crippen LogP contribution in [-0.4, -0.2) is 31.9 Å². The Morgan fingerprint density at radius 1 is 0.946 bits per heavy atom. The zero-order chi connectivity index (χ0) is 26.7. The van der Waals surface area contributed by atoms with Gasteiger partial charge in [-0.3, -0.25) is 14.4 Å². The standard InChI is InChI=1S/C28H26ClN3O5/c1-16-10-11-19(26(33)30-17(2)18-8-6-5-7-9-18)14-21(16)31-25-24(29)27(34)32(28(25)35)22-13-12-20(36-3)15-23(22)37-4/h5-15,17,31H,1-4H3,(H,30,33). The van der Waals surface area contributed by atoms with E-state index in [2.05, 4.69) is 10.6 Å². The minimum atomic E-state index is -0.694. The van der Waals surface area contributed by atoms with Gasteiger partial charge in [0.25, 0.3) is 17.7 Å². The Hall–Kier alpha value is -4.30. The van der Waals surface area contributed by atoms with Crippen molar-refractivity contribution in [2.45, 2.75) is 19.9 Å². The molecule has 0 aromatic heterocycles. The van der Waals surface area contributed by atoms with E-state index in [1.165, 1.54) is 14.2 Å². The summed E-state index contributed by atoms with van der Waals surface area (Å²) in [4.78, 5) is 40.2. The number of methoxy groups -OCH3 is 2. The van der Waals surface area contributed by atoms with Crippen LogP contribution in [0.3, 0.4) is 0 Å². The molecule has 8 nitrogen and oxygen atoms in total. The van der Waals surface area contributed by atoms with Gasteiger partial charge in [-0.25, -0.2) is 4.90 Å². The molecular weight excluding hydrogens is 494 g/mol. The van der Waals surface area contributed by atoms with Gasteiger partial charge in [-0.1, -0.05) is 48.0 Å². The van der Waals surface area contributed by atoms with Crippen molar-refractivity contribution in [3.05, 3.63) is 94.1 Å². The molecule has 2 N–H and O–H groups in total. The number of hydrogen-bond donors (Lipinski definition) is 2. The summed E-state index contributed by atoms with van der Waals surface area (Å²) in [6.45, 7) is 3.71. The molecule has 1 atom stereocenters. The number of carbonyl (C=O) groups is 3. The van der Waals surface area contributed by atoms with Gasteiger partial charge < -0.3 is 20.1 Å². The molecule has 37 heavy (non-hydrogen) atoms. The van der Waals surface area contributed by atoms with E-state index in [0.29, 0.717) is 17.0 Å². The number of rotatable bonds is 8. The van der Waals surface area contributed by atoms with Crippen LogP contribution in [0, 0.1) is 6.92 Å². The molecule has 0 spiro atoms. The van der Waals surface area contributed by atoms with E-state index in [-0.39, 0.29) is 34.1 Å². The van der Waals surface area contributed by atoms with Crippen molar-refractivity contribution in [3.8, 4) is 11.5 Å². The molecule has 190 valence electrons. The number of nitrogens with zero attached hydrogens (tertiary/aromatic N) is 1. The van der Waals surface area contributed by atoms with Crippen LogP contribution in [0.15, 0.2) is 77.5 Å². The van der Waals surface area contributed by atoms with Crippen molar-refractivity contribution in [2.24, 2.45) is 0 Å². The summed E-state index contributed by atoms with van der Waals surface area (Å²) in [5, 5.41) is 5.67. The molecule has 3 amide bonds. The molecule has 1 heterocycles. The highest BCUT2D eigenvalue weighted by Gasteiger charge is 2.40. The summed E-state index contributed by atoms with van der Waals surface area (Å²) >= 11 is 6.32. The maximum absolute atomic E-state index is 13.3. The molecule has 0 bridgehead atoms. The van der Waals surface area contributed by atoms with Crippen LogP contribution in [0.2, 0.25) is 0 Å². The second-order valence-corrected chi connectivity index (χ2v) is 8.81. The quantitative estimate of drug-likeness (QED) is 0.409. The SMILES string of the molecule is COc1ccc(N2C(=O)C(Cl)=C(Nc3cc(C(=O)NC(C)c4ccccc4)ccc3C)C2=O)c(OC)c1. The molecule has 3 aromatic rings. The molecule has 0 saturated carbocycles. The van der Waals surface area contributed by atoms with Crippen LogP contribution >= 0.6 is 11.6 Å². The highest BCUT2D eigenvalue weighted by molar-refractivity contribution is 6.53. The summed E-state index contributed by atoms with van der Waals surface area (Å²) in [7, 11) is 2.93. The Balaban J connectivity index is 1.58. The van der Waals surface area contributed by atoms with E-state index in [0.717, 1.165) is 16.0 Å². The third-order valence-electron chi connectivity index (χ3n) is 6.06. The first-order valence-corrected chi connectivity index (χ1v) is 11.9. The fraction of sp³-hybridized carbons (Fsp3) is 0.179. The van der Waals surface area contributed by atoms with Crippen LogP contribution < -0.4 is 25.0 Å². The van der Waals surface area contributed by atoms with Gasteiger partial charge in [-0.2, -0.15) is 0 Å². The Bertz CT molecular complexity index is 1400. The topological polar surface area (TPSA) is 97.0 Å². The van der Waals surface area contributed by atoms with Gasteiger partial charge in [0.2, 0.25) is 0 Å². The number of aryl methyl sites for hydroxylation is 1. The van der Waals surface area contributed by atoms with Crippen LogP contribution in [0.1, 0.15) is 34.5 Å². The number of imide groups is 1. The van der Waals surface area contributed by atoms with Gasteiger partial charge in [0.05, 0.1) is 25.9 Å². The summed E-state index contributed by atoms with van der Waals surface area (Å²) in [5.41, 5.74) is 2.72. The number of carbonyl (C=O) groups excluding carboxylic acids is 3. The summed E-state index contributed by atoms with van der Waals surface area (Å²) in [6, 6.07) is 19.2. The predicted octanol–water partition coefficient (Wildman–Crippen LogP) is 4.94. The highest BCUT2D eigenvalue weighted by atomic mass is 35.5. The summed E-state index contributed by atoms with van der Waals surface area (Å²) < 4.78 is 10.5. The fourth-order valence-corrected chi connectivity index (χ4v) is 4.15. The number of anilines is 2. The van der Waals surface area contributed by atoms with Gasteiger partial charge in [-0.05, 0) is 49.2 Å². The lowest BCUT2D eigenvalue weighted by atomic mass is 10.1. The predicted molar refractivity (Wildman–Crippen MR) is 142 cm³/mol. The van der Waals surface area contributed by atoms with E-state index >= 15 is 0 Å². The van der Waals surface area contributed by atoms with Gasteiger partial charge in [0, 0.05) is 17.3 Å². The average molecular weight is 520 g/mol. The Morgan fingerprint density at radius 3 is 2.35 bits per heavy atom. The third kappa shape index (κ3) is 5.15. The van der Waals surface area contributed by atoms with Crippen LogP contribution in [-0.2, 0) is 9.59 Å². The van der Waals surface area contributed by atoms with Crippen LogP contribution in [0.25, 0.3) is 0 Å². The molecular formula is C28H26ClN3O5. The normalized spacial score (nSPS) is 14.0. The average Bonchev–Trinajstić information content (AvgIpc) is 3.12. The van der Waals surface area contributed by atoms with E-state index in [1.807, 2.05) is 44.2 Å². The Kier molecular flexibility index (Phi) is 7.50. The number of amides is 3. The van der Waals surface area contributed by atoms with Gasteiger partial charge in [-0.15, -0.1) is 0 Å². The highest BCUT2D eigenvalue weighted by Crippen LogP contribution is 2.38.